The minimum Gasteiger partial charge on any atom is -0.503 e. The fraction of sp³-hybridized carbons (Fsp3) is 0.286. The highest BCUT2D eigenvalue weighted by atomic mass is 16.5. The van der Waals surface area contributed by atoms with Crippen molar-refractivity contribution in [3.63, 3.8) is 0 Å². The summed E-state index contributed by atoms with van der Waals surface area (Å²) in [5.41, 5.74) is 3.31. The third kappa shape index (κ3) is 6.84. The molecule has 192 valence electrons. The van der Waals surface area contributed by atoms with Gasteiger partial charge < -0.3 is 20.3 Å². The molecule has 9 heteroatoms. The number of nitrogens with zero attached hydrogens (tertiary/aromatic N) is 5. The van der Waals surface area contributed by atoms with E-state index in [-0.39, 0.29) is 11.9 Å². The smallest absolute Gasteiger partial charge is 0.251 e. The molecule has 1 atom stereocenters. The largest absolute Gasteiger partial charge is 0.503 e. The monoisotopic (exact) mass is 499 g/mol. The summed E-state index contributed by atoms with van der Waals surface area (Å²) < 4.78 is 6.77. The van der Waals surface area contributed by atoms with Crippen LogP contribution in [-0.4, -0.2) is 57.6 Å². The molecule has 0 aliphatic rings. The number of ether oxygens (including phenoxy) is 1. The van der Waals surface area contributed by atoms with Crippen LogP contribution in [0.1, 0.15) is 41.7 Å². The van der Waals surface area contributed by atoms with Crippen LogP contribution in [0.4, 0.5) is 5.82 Å². The van der Waals surface area contributed by atoms with Gasteiger partial charge >= 0.3 is 0 Å². The molecule has 0 unspecified atom stereocenters. The number of hydrogen-bond acceptors (Lipinski definition) is 7. The molecule has 2 heterocycles. The van der Waals surface area contributed by atoms with Crippen molar-refractivity contribution < 1.29 is 9.53 Å². The van der Waals surface area contributed by atoms with E-state index >= 15 is 0 Å². The summed E-state index contributed by atoms with van der Waals surface area (Å²) in [4.78, 5) is 28.4. The SMILES string of the molecule is COC=CN(C)CCCCNC(=O)c1ccc2ncn(-c3cncc(N[C@@H](C)c4ccccc4)n3)c2c1. The van der Waals surface area contributed by atoms with Gasteiger partial charge in [-0.2, -0.15) is 0 Å². The normalized spacial score (nSPS) is 12.0. The molecule has 2 N–H and O–H groups in total. The fourth-order valence-electron chi connectivity index (χ4n) is 3.95. The van der Waals surface area contributed by atoms with Gasteiger partial charge in [-0.15, -0.1) is 0 Å². The molecule has 2 aromatic carbocycles. The molecular formula is C28H33N7O2. The Balaban J connectivity index is 1.41. The van der Waals surface area contributed by atoms with Crippen molar-refractivity contribution in [2.24, 2.45) is 0 Å². The topological polar surface area (TPSA) is 97.2 Å². The maximum Gasteiger partial charge on any atom is 0.251 e. The standard InChI is InChI=1S/C28H33N7O2/c1-21(22-9-5-4-6-10-22)32-26-18-29-19-27(33-26)35-20-31-24-12-11-23(17-25(24)35)28(36)30-13-7-8-14-34(2)15-16-37-3/h4-6,9-12,15-21H,7-8,13-14H2,1-3H3,(H,30,36)(H,32,33)/t21-/m0/s1. The Morgan fingerprint density at radius 3 is 2.81 bits per heavy atom. The van der Waals surface area contributed by atoms with Crippen LogP contribution in [0.2, 0.25) is 0 Å². The Morgan fingerprint density at radius 2 is 2.00 bits per heavy atom. The van der Waals surface area contributed by atoms with Crippen LogP contribution < -0.4 is 10.6 Å². The average molecular weight is 500 g/mol. The van der Waals surface area contributed by atoms with E-state index in [4.69, 9.17) is 9.72 Å². The van der Waals surface area contributed by atoms with E-state index < -0.39 is 0 Å². The Labute approximate surface area is 217 Å². The Hall–Kier alpha value is -4.40. The number of hydrogen-bond donors (Lipinski definition) is 2. The van der Waals surface area contributed by atoms with E-state index in [0.717, 1.165) is 36.0 Å². The molecule has 4 aromatic rings. The second-order valence-corrected chi connectivity index (χ2v) is 8.82. The molecule has 0 bridgehead atoms. The van der Waals surface area contributed by atoms with E-state index in [1.165, 1.54) is 0 Å². The third-order valence-corrected chi connectivity index (χ3v) is 6.02. The van der Waals surface area contributed by atoms with Crippen molar-refractivity contribution in [1.82, 2.24) is 29.7 Å². The molecule has 0 radical (unpaired) electrons. The first-order chi connectivity index (χ1) is 18.0. The molecule has 0 saturated heterocycles. The Morgan fingerprint density at radius 1 is 1.16 bits per heavy atom. The molecule has 9 nitrogen and oxygen atoms in total. The van der Waals surface area contributed by atoms with Crippen molar-refractivity contribution in [2.45, 2.75) is 25.8 Å². The summed E-state index contributed by atoms with van der Waals surface area (Å²) in [6.45, 7) is 3.58. The van der Waals surface area contributed by atoms with Gasteiger partial charge in [-0.3, -0.25) is 14.3 Å². The molecule has 4 rings (SSSR count). The number of carbonyl (C=O) groups is 1. The number of nitrogens with one attached hydrogen (secondary N) is 2. The zero-order valence-corrected chi connectivity index (χ0v) is 21.5. The molecule has 37 heavy (non-hydrogen) atoms. The number of aromatic nitrogens is 4. The molecule has 0 aliphatic heterocycles. The molecule has 2 aromatic heterocycles. The zero-order valence-electron chi connectivity index (χ0n) is 21.5. The van der Waals surface area contributed by atoms with Gasteiger partial charge in [0.05, 0.1) is 36.8 Å². The maximum absolute atomic E-state index is 12.8. The van der Waals surface area contributed by atoms with Gasteiger partial charge in [0, 0.05) is 37.9 Å². The Kier molecular flexibility index (Phi) is 8.70. The molecule has 0 fully saturated rings. The van der Waals surface area contributed by atoms with E-state index in [0.29, 0.717) is 23.7 Å². The van der Waals surface area contributed by atoms with Crippen LogP contribution in [0.15, 0.2) is 79.7 Å². The van der Waals surface area contributed by atoms with Gasteiger partial charge in [0.15, 0.2) is 5.82 Å². The summed E-state index contributed by atoms with van der Waals surface area (Å²) in [6.07, 6.45) is 10.5. The van der Waals surface area contributed by atoms with E-state index in [1.54, 1.807) is 38.2 Å². The molecule has 0 spiro atoms. The summed E-state index contributed by atoms with van der Waals surface area (Å²) in [6, 6.07) is 15.7. The van der Waals surface area contributed by atoms with E-state index in [1.807, 2.05) is 48.1 Å². The number of rotatable bonds is 12. The summed E-state index contributed by atoms with van der Waals surface area (Å²) in [5, 5.41) is 6.41. The van der Waals surface area contributed by atoms with Crippen LogP contribution in [0, 0.1) is 0 Å². The second kappa shape index (κ2) is 12.5. The third-order valence-electron chi connectivity index (χ3n) is 6.02. The highest BCUT2D eigenvalue weighted by Crippen LogP contribution is 2.21. The average Bonchev–Trinajstić information content (AvgIpc) is 3.35. The van der Waals surface area contributed by atoms with Crippen molar-refractivity contribution in [3.05, 3.63) is 90.8 Å². The maximum atomic E-state index is 12.8. The predicted octanol–water partition coefficient (Wildman–Crippen LogP) is 4.55. The molecular weight excluding hydrogens is 466 g/mol. The van der Waals surface area contributed by atoms with Crippen molar-refractivity contribution in [2.75, 3.05) is 32.6 Å². The molecule has 0 aliphatic carbocycles. The lowest BCUT2D eigenvalue weighted by Gasteiger charge is -2.15. The fourth-order valence-corrected chi connectivity index (χ4v) is 3.95. The van der Waals surface area contributed by atoms with Gasteiger partial charge in [-0.05, 0) is 43.5 Å². The number of unbranched alkanes of at least 4 members (excludes halogenated alkanes) is 1. The van der Waals surface area contributed by atoms with E-state index in [9.17, 15) is 4.79 Å². The minimum absolute atomic E-state index is 0.0720. The van der Waals surface area contributed by atoms with Crippen LogP contribution in [-0.2, 0) is 4.74 Å². The van der Waals surface area contributed by atoms with Gasteiger partial charge in [-0.25, -0.2) is 9.97 Å². The van der Waals surface area contributed by atoms with Crippen LogP contribution >= 0.6 is 0 Å². The first-order valence-corrected chi connectivity index (χ1v) is 12.3. The summed E-state index contributed by atoms with van der Waals surface area (Å²) in [5.74, 6) is 1.17. The first kappa shape index (κ1) is 25.7. The zero-order chi connectivity index (χ0) is 26.0. The number of benzene rings is 2. The number of imidazole rings is 1. The number of fused-ring (bicyclic) bond motifs is 1. The highest BCUT2D eigenvalue weighted by Gasteiger charge is 2.12. The predicted molar refractivity (Wildman–Crippen MR) is 145 cm³/mol. The van der Waals surface area contributed by atoms with Gasteiger partial charge in [-0.1, -0.05) is 30.3 Å². The summed E-state index contributed by atoms with van der Waals surface area (Å²) >= 11 is 0. The number of amides is 1. The highest BCUT2D eigenvalue weighted by molar-refractivity contribution is 5.97. The van der Waals surface area contributed by atoms with Gasteiger partial charge in [0.25, 0.3) is 5.91 Å². The lowest BCUT2D eigenvalue weighted by molar-refractivity contribution is 0.0953. The van der Waals surface area contributed by atoms with Crippen molar-refractivity contribution >= 4 is 22.8 Å². The number of carbonyl (C=O) groups excluding carboxylic acids is 1. The van der Waals surface area contributed by atoms with E-state index in [2.05, 4.69) is 44.6 Å². The van der Waals surface area contributed by atoms with Crippen LogP contribution in [0.5, 0.6) is 0 Å². The van der Waals surface area contributed by atoms with Gasteiger partial charge in [0.1, 0.15) is 12.1 Å². The molecule has 0 saturated carbocycles. The lowest BCUT2D eigenvalue weighted by atomic mass is 10.1. The van der Waals surface area contributed by atoms with Crippen molar-refractivity contribution in [3.8, 4) is 5.82 Å². The molecule has 1 amide bonds. The lowest BCUT2D eigenvalue weighted by Crippen LogP contribution is -2.25. The quantitative estimate of drug-likeness (QED) is 0.218. The van der Waals surface area contributed by atoms with Crippen LogP contribution in [0.3, 0.4) is 0 Å². The summed E-state index contributed by atoms with van der Waals surface area (Å²) in [7, 11) is 3.62. The van der Waals surface area contributed by atoms with Crippen molar-refractivity contribution in [1.29, 1.82) is 0 Å². The van der Waals surface area contributed by atoms with Crippen LogP contribution in [0.25, 0.3) is 16.9 Å². The second-order valence-electron chi connectivity index (χ2n) is 8.82. The minimum atomic E-state index is -0.111. The Bertz CT molecular complexity index is 1340. The first-order valence-electron chi connectivity index (χ1n) is 12.3. The van der Waals surface area contributed by atoms with Gasteiger partial charge in [0.2, 0.25) is 0 Å². The number of anilines is 1. The number of methoxy groups -OCH3 is 1.